The van der Waals surface area contributed by atoms with E-state index >= 15 is 0 Å². The standard InChI is InChI=1S/C13H7BrClN3O2/c14-9-2-4-11(15)12(5-9)17-10-3-1-8(7-16)13(6-10)18(19)20/h1-6,17H. The molecule has 0 aromatic heterocycles. The van der Waals surface area contributed by atoms with Gasteiger partial charge in [-0.3, -0.25) is 10.1 Å². The van der Waals surface area contributed by atoms with Gasteiger partial charge in [0.2, 0.25) is 0 Å². The molecule has 100 valence electrons. The quantitative estimate of drug-likeness (QED) is 0.645. The lowest BCUT2D eigenvalue weighted by molar-refractivity contribution is -0.385. The molecule has 0 aliphatic rings. The van der Waals surface area contributed by atoms with Gasteiger partial charge < -0.3 is 5.32 Å². The molecule has 0 radical (unpaired) electrons. The zero-order chi connectivity index (χ0) is 14.7. The molecule has 0 aliphatic carbocycles. The number of nitrogens with one attached hydrogen (secondary N) is 1. The molecule has 0 spiro atoms. The number of halogens is 2. The van der Waals surface area contributed by atoms with Crippen LogP contribution in [-0.4, -0.2) is 4.92 Å². The van der Waals surface area contributed by atoms with Crippen molar-refractivity contribution in [1.29, 1.82) is 5.26 Å². The minimum atomic E-state index is -0.591. The number of hydrogen-bond acceptors (Lipinski definition) is 4. The summed E-state index contributed by atoms with van der Waals surface area (Å²) in [6.45, 7) is 0. The number of nitrogens with zero attached hydrogens (tertiary/aromatic N) is 2. The fourth-order valence-electron chi connectivity index (χ4n) is 1.60. The van der Waals surface area contributed by atoms with Gasteiger partial charge in [-0.05, 0) is 30.3 Å². The first-order valence-corrected chi connectivity index (χ1v) is 6.59. The Morgan fingerprint density at radius 3 is 2.70 bits per heavy atom. The second-order valence-corrected chi connectivity index (χ2v) is 5.17. The molecule has 0 saturated heterocycles. The molecule has 0 unspecified atom stereocenters. The summed E-state index contributed by atoms with van der Waals surface area (Å²) >= 11 is 9.36. The molecule has 0 atom stereocenters. The van der Waals surface area contributed by atoms with Crippen LogP contribution in [-0.2, 0) is 0 Å². The maximum absolute atomic E-state index is 10.9. The van der Waals surface area contributed by atoms with Gasteiger partial charge >= 0.3 is 0 Å². The number of rotatable bonds is 3. The van der Waals surface area contributed by atoms with Crippen molar-refractivity contribution in [2.24, 2.45) is 0 Å². The van der Waals surface area contributed by atoms with Crippen molar-refractivity contribution in [3.63, 3.8) is 0 Å². The Balaban J connectivity index is 2.40. The van der Waals surface area contributed by atoms with Crippen LogP contribution in [0.1, 0.15) is 5.56 Å². The highest BCUT2D eigenvalue weighted by molar-refractivity contribution is 9.10. The molecule has 20 heavy (non-hydrogen) atoms. The van der Waals surface area contributed by atoms with Gasteiger partial charge in [0.25, 0.3) is 5.69 Å². The minimum Gasteiger partial charge on any atom is -0.354 e. The average molecular weight is 353 g/mol. The normalized spacial score (nSPS) is 9.85. The zero-order valence-corrected chi connectivity index (χ0v) is 12.3. The van der Waals surface area contributed by atoms with Crippen LogP contribution in [0.4, 0.5) is 17.1 Å². The Morgan fingerprint density at radius 1 is 1.30 bits per heavy atom. The minimum absolute atomic E-state index is 0.0147. The van der Waals surface area contributed by atoms with E-state index in [1.165, 1.54) is 12.1 Å². The number of nitro benzene ring substituents is 1. The number of anilines is 2. The second-order valence-electron chi connectivity index (χ2n) is 3.85. The third-order valence-corrected chi connectivity index (χ3v) is 3.35. The number of nitro groups is 1. The average Bonchev–Trinajstić information content (AvgIpc) is 2.42. The van der Waals surface area contributed by atoms with Crippen molar-refractivity contribution < 1.29 is 4.92 Å². The summed E-state index contributed by atoms with van der Waals surface area (Å²) in [5.74, 6) is 0. The first-order valence-electron chi connectivity index (χ1n) is 5.42. The predicted octanol–water partition coefficient (Wildman–Crippen LogP) is 4.63. The van der Waals surface area contributed by atoms with E-state index in [0.717, 1.165) is 4.47 Å². The van der Waals surface area contributed by atoms with Crippen molar-refractivity contribution in [3.05, 3.63) is 61.6 Å². The van der Waals surface area contributed by atoms with E-state index in [0.29, 0.717) is 16.4 Å². The van der Waals surface area contributed by atoms with Gasteiger partial charge in [0.05, 0.1) is 15.6 Å². The monoisotopic (exact) mass is 351 g/mol. The van der Waals surface area contributed by atoms with Gasteiger partial charge in [-0.2, -0.15) is 5.26 Å². The summed E-state index contributed by atoms with van der Waals surface area (Å²) in [4.78, 5) is 10.3. The van der Waals surface area contributed by atoms with Gasteiger partial charge in [-0.1, -0.05) is 27.5 Å². The fourth-order valence-corrected chi connectivity index (χ4v) is 2.13. The molecular weight excluding hydrogens is 346 g/mol. The highest BCUT2D eigenvalue weighted by atomic mass is 79.9. The first-order chi connectivity index (χ1) is 9.51. The van der Waals surface area contributed by atoms with Crippen molar-refractivity contribution >= 4 is 44.6 Å². The lowest BCUT2D eigenvalue weighted by Crippen LogP contribution is -1.96. The number of hydrogen-bond donors (Lipinski definition) is 1. The Hall–Kier alpha value is -2.10. The lowest BCUT2D eigenvalue weighted by Gasteiger charge is -2.09. The van der Waals surface area contributed by atoms with Gasteiger partial charge in [0, 0.05) is 16.2 Å². The summed E-state index contributed by atoms with van der Waals surface area (Å²) < 4.78 is 0.826. The number of nitriles is 1. The molecule has 0 aliphatic heterocycles. The summed E-state index contributed by atoms with van der Waals surface area (Å²) in [6, 6.07) is 11.3. The molecule has 2 rings (SSSR count). The molecule has 0 saturated carbocycles. The largest absolute Gasteiger partial charge is 0.354 e. The molecule has 2 aromatic rings. The summed E-state index contributed by atoms with van der Waals surface area (Å²) in [7, 11) is 0. The van der Waals surface area contributed by atoms with Gasteiger partial charge in [-0.15, -0.1) is 0 Å². The van der Waals surface area contributed by atoms with Crippen LogP contribution in [0.15, 0.2) is 40.9 Å². The van der Waals surface area contributed by atoms with Gasteiger partial charge in [-0.25, -0.2) is 0 Å². The Kier molecular flexibility index (Phi) is 4.23. The van der Waals surface area contributed by atoms with Crippen molar-refractivity contribution in [2.45, 2.75) is 0 Å². The van der Waals surface area contributed by atoms with Crippen molar-refractivity contribution in [2.75, 3.05) is 5.32 Å². The fraction of sp³-hybridized carbons (Fsp3) is 0. The van der Waals surface area contributed by atoms with Crippen LogP contribution in [0, 0.1) is 21.4 Å². The van der Waals surface area contributed by atoms with Crippen LogP contribution < -0.4 is 5.32 Å². The smallest absolute Gasteiger partial charge is 0.289 e. The molecule has 1 N–H and O–H groups in total. The molecule has 7 heteroatoms. The summed E-state index contributed by atoms with van der Waals surface area (Å²) in [5, 5.41) is 23.2. The molecule has 0 bridgehead atoms. The third-order valence-electron chi connectivity index (χ3n) is 2.52. The molecule has 0 heterocycles. The molecular formula is C13H7BrClN3O2. The molecule has 5 nitrogen and oxygen atoms in total. The predicted molar refractivity (Wildman–Crippen MR) is 80.2 cm³/mol. The Labute approximate surface area is 128 Å². The Bertz CT molecular complexity index is 728. The Morgan fingerprint density at radius 2 is 2.05 bits per heavy atom. The third kappa shape index (κ3) is 3.07. The van der Waals surface area contributed by atoms with E-state index in [4.69, 9.17) is 16.9 Å². The van der Waals surface area contributed by atoms with E-state index in [1.54, 1.807) is 30.3 Å². The summed E-state index contributed by atoms with van der Waals surface area (Å²) in [6.07, 6.45) is 0. The maximum Gasteiger partial charge on any atom is 0.289 e. The molecule has 0 fully saturated rings. The highest BCUT2D eigenvalue weighted by Crippen LogP contribution is 2.30. The molecule has 0 amide bonds. The van der Waals surface area contributed by atoms with E-state index in [9.17, 15) is 10.1 Å². The van der Waals surface area contributed by atoms with Crippen LogP contribution in [0.2, 0.25) is 5.02 Å². The topological polar surface area (TPSA) is 79.0 Å². The highest BCUT2D eigenvalue weighted by Gasteiger charge is 2.14. The van der Waals surface area contributed by atoms with E-state index in [-0.39, 0.29) is 11.3 Å². The van der Waals surface area contributed by atoms with E-state index in [1.807, 2.05) is 0 Å². The van der Waals surface area contributed by atoms with E-state index < -0.39 is 4.92 Å². The number of benzene rings is 2. The van der Waals surface area contributed by atoms with Gasteiger partial charge in [0.15, 0.2) is 0 Å². The maximum atomic E-state index is 10.9. The second kappa shape index (κ2) is 5.90. The lowest BCUT2D eigenvalue weighted by atomic mass is 10.1. The van der Waals surface area contributed by atoms with Crippen molar-refractivity contribution in [1.82, 2.24) is 0 Å². The van der Waals surface area contributed by atoms with Crippen LogP contribution in [0.25, 0.3) is 0 Å². The van der Waals surface area contributed by atoms with Crippen molar-refractivity contribution in [3.8, 4) is 6.07 Å². The SMILES string of the molecule is N#Cc1ccc(Nc2cc(Br)ccc2Cl)cc1[N+](=O)[O-]. The van der Waals surface area contributed by atoms with E-state index in [2.05, 4.69) is 21.2 Å². The van der Waals surface area contributed by atoms with Crippen LogP contribution >= 0.6 is 27.5 Å². The van der Waals surface area contributed by atoms with Crippen LogP contribution in [0.3, 0.4) is 0 Å². The zero-order valence-electron chi connectivity index (χ0n) is 9.93. The van der Waals surface area contributed by atoms with Gasteiger partial charge in [0.1, 0.15) is 11.6 Å². The summed E-state index contributed by atoms with van der Waals surface area (Å²) in [5.41, 5.74) is 0.861. The molecule has 2 aromatic carbocycles. The van der Waals surface area contributed by atoms with Crippen LogP contribution in [0.5, 0.6) is 0 Å². The first kappa shape index (κ1) is 14.3.